The number of ether oxygens (including phenoxy) is 1. The van der Waals surface area contributed by atoms with Crippen LogP contribution in [0.4, 0.5) is 4.79 Å². The lowest BCUT2D eigenvalue weighted by molar-refractivity contribution is -0.144. The van der Waals surface area contributed by atoms with Gasteiger partial charge in [-0.2, -0.15) is 0 Å². The zero-order valence-corrected chi connectivity index (χ0v) is 23.8. The molecule has 206 valence electrons. The summed E-state index contributed by atoms with van der Waals surface area (Å²) >= 11 is 0. The van der Waals surface area contributed by atoms with Crippen molar-refractivity contribution in [3.63, 3.8) is 0 Å². The molecule has 7 nitrogen and oxygen atoms in total. The number of benzene rings is 2. The van der Waals surface area contributed by atoms with Crippen LogP contribution in [0.1, 0.15) is 82.2 Å². The van der Waals surface area contributed by atoms with Gasteiger partial charge in [0.15, 0.2) is 0 Å². The molecule has 2 aromatic carbocycles. The quantitative estimate of drug-likeness (QED) is 0.427. The summed E-state index contributed by atoms with van der Waals surface area (Å²) in [5.41, 5.74) is 3.11. The Bertz CT molecular complexity index is 1120. The SMILES string of the molecule is CCC(C)C(NC(=O)OC(C)(C)C)C(=O)N(C1CC1)C(C(=O)NCc1ccccc1)c1ccc(C)cc1C. The summed E-state index contributed by atoms with van der Waals surface area (Å²) in [7, 11) is 0. The number of hydrogen-bond acceptors (Lipinski definition) is 4. The summed E-state index contributed by atoms with van der Waals surface area (Å²) < 4.78 is 5.48. The van der Waals surface area contributed by atoms with E-state index in [2.05, 4.69) is 10.6 Å². The molecule has 0 radical (unpaired) electrons. The van der Waals surface area contributed by atoms with Crippen LogP contribution in [0.25, 0.3) is 0 Å². The van der Waals surface area contributed by atoms with Crippen molar-refractivity contribution in [3.8, 4) is 0 Å². The third kappa shape index (κ3) is 7.83. The summed E-state index contributed by atoms with van der Waals surface area (Å²) in [5, 5.41) is 5.90. The fraction of sp³-hybridized carbons (Fsp3) is 0.516. The van der Waals surface area contributed by atoms with Crippen molar-refractivity contribution in [2.45, 2.75) is 98.0 Å². The fourth-order valence-electron chi connectivity index (χ4n) is 4.58. The van der Waals surface area contributed by atoms with Crippen molar-refractivity contribution in [1.82, 2.24) is 15.5 Å². The molecule has 0 heterocycles. The Labute approximate surface area is 227 Å². The van der Waals surface area contributed by atoms with Gasteiger partial charge in [0.05, 0.1) is 0 Å². The maximum Gasteiger partial charge on any atom is 0.408 e. The van der Waals surface area contributed by atoms with Gasteiger partial charge in [0.25, 0.3) is 0 Å². The van der Waals surface area contributed by atoms with E-state index in [1.807, 2.05) is 76.2 Å². The van der Waals surface area contributed by atoms with Gasteiger partial charge in [-0.25, -0.2) is 4.79 Å². The minimum absolute atomic E-state index is 0.0670. The highest BCUT2D eigenvalue weighted by Gasteiger charge is 2.45. The molecular formula is C31H43N3O4. The van der Waals surface area contributed by atoms with Crippen LogP contribution in [0.5, 0.6) is 0 Å². The molecule has 0 aliphatic heterocycles. The van der Waals surface area contributed by atoms with Crippen LogP contribution >= 0.6 is 0 Å². The average Bonchev–Trinajstić information content (AvgIpc) is 3.69. The molecule has 3 unspecified atom stereocenters. The molecule has 1 aliphatic rings. The Morgan fingerprint density at radius 3 is 2.26 bits per heavy atom. The largest absolute Gasteiger partial charge is 0.444 e. The van der Waals surface area contributed by atoms with Crippen LogP contribution in [0.2, 0.25) is 0 Å². The summed E-state index contributed by atoms with van der Waals surface area (Å²) in [5.74, 6) is -0.641. The minimum Gasteiger partial charge on any atom is -0.444 e. The van der Waals surface area contributed by atoms with Crippen LogP contribution in [-0.2, 0) is 20.9 Å². The highest BCUT2D eigenvalue weighted by molar-refractivity contribution is 5.93. The van der Waals surface area contributed by atoms with Crippen LogP contribution in [0, 0.1) is 19.8 Å². The highest BCUT2D eigenvalue weighted by Crippen LogP contribution is 2.37. The molecule has 2 N–H and O–H groups in total. The van der Waals surface area contributed by atoms with Gasteiger partial charge in [0, 0.05) is 12.6 Å². The minimum atomic E-state index is -0.814. The Morgan fingerprint density at radius 2 is 1.71 bits per heavy atom. The first-order valence-corrected chi connectivity index (χ1v) is 13.6. The first-order chi connectivity index (χ1) is 17.9. The predicted molar refractivity (Wildman–Crippen MR) is 149 cm³/mol. The first-order valence-electron chi connectivity index (χ1n) is 13.6. The molecule has 0 bridgehead atoms. The van der Waals surface area contributed by atoms with E-state index < -0.39 is 23.8 Å². The molecule has 2 aromatic rings. The Hall–Kier alpha value is -3.35. The van der Waals surface area contributed by atoms with E-state index in [-0.39, 0.29) is 23.8 Å². The molecule has 0 saturated heterocycles. The summed E-state index contributed by atoms with van der Waals surface area (Å²) in [6.45, 7) is 13.6. The molecule has 1 saturated carbocycles. The van der Waals surface area contributed by atoms with Crippen molar-refractivity contribution < 1.29 is 19.1 Å². The summed E-state index contributed by atoms with van der Waals surface area (Å²) in [6.07, 6.45) is 1.68. The molecule has 7 heteroatoms. The Kier molecular flexibility index (Phi) is 9.58. The Balaban J connectivity index is 1.98. The number of carbonyl (C=O) groups excluding carboxylic acids is 3. The molecule has 0 aromatic heterocycles. The number of rotatable bonds is 10. The first kappa shape index (κ1) is 29.2. The molecular weight excluding hydrogens is 478 g/mol. The third-order valence-electron chi connectivity index (χ3n) is 6.90. The fourth-order valence-corrected chi connectivity index (χ4v) is 4.58. The van der Waals surface area contributed by atoms with Crippen LogP contribution in [0.15, 0.2) is 48.5 Å². The topological polar surface area (TPSA) is 87.7 Å². The van der Waals surface area contributed by atoms with Gasteiger partial charge in [-0.1, -0.05) is 74.4 Å². The molecule has 38 heavy (non-hydrogen) atoms. The van der Waals surface area contributed by atoms with Gasteiger partial charge in [-0.3, -0.25) is 9.59 Å². The number of alkyl carbamates (subject to hydrolysis) is 1. The number of hydrogen-bond donors (Lipinski definition) is 2. The zero-order chi connectivity index (χ0) is 28.0. The maximum atomic E-state index is 14.3. The average molecular weight is 522 g/mol. The lowest BCUT2D eigenvalue weighted by Crippen LogP contribution is -2.55. The highest BCUT2D eigenvalue weighted by atomic mass is 16.6. The van der Waals surface area contributed by atoms with Crippen molar-refractivity contribution >= 4 is 17.9 Å². The van der Waals surface area contributed by atoms with Crippen LogP contribution in [-0.4, -0.2) is 40.5 Å². The number of nitrogens with zero attached hydrogens (tertiary/aromatic N) is 1. The number of nitrogens with one attached hydrogen (secondary N) is 2. The summed E-state index contributed by atoms with van der Waals surface area (Å²) in [6, 6.07) is 14.0. The molecule has 3 atom stereocenters. The molecule has 1 aliphatic carbocycles. The van der Waals surface area contributed by atoms with Gasteiger partial charge < -0.3 is 20.3 Å². The monoisotopic (exact) mass is 521 g/mol. The number of carbonyl (C=O) groups is 3. The van der Waals surface area contributed by atoms with E-state index in [0.717, 1.165) is 35.1 Å². The lowest BCUT2D eigenvalue weighted by atomic mass is 9.93. The normalized spacial score (nSPS) is 15.7. The second kappa shape index (κ2) is 12.5. The van der Waals surface area contributed by atoms with Gasteiger partial charge >= 0.3 is 6.09 Å². The van der Waals surface area contributed by atoms with E-state index in [1.165, 1.54) is 0 Å². The second-order valence-corrected chi connectivity index (χ2v) is 11.5. The molecule has 3 amide bonds. The Morgan fingerprint density at radius 1 is 1.05 bits per heavy atom. The zero-order valence-electron chi connectivity index (χ0n) is 23.8. The van der Waals surface area contributed by atoms with Gasteiger partial charge in [-0.15, -0.1) is 0 Å². The number of aryl methyl sites for hydroxylation is 2. The van der Waals surface area contributed by atoms with E-state index in [4.69, 9.17) is 4.74 Å². The predicted octanol–water partition coefficient (Wildman–Crippen LogP) is 5.59. The molecule has 1 fully saturated rings. The second-order valence-electron chi connectivity index (χ2n) is 11.5. The van der Waals surface area contributed by atoms with Gasteiger partial charge in [0.1, 0.15) is 17.7 Å². The summed E-state index contributed by atoms with van der Waals surface area (Å²) in [4.78, 5) is 42.6. The third-order valence-corrected chi connectivity index (χ3v) is 6.90. The maximum absolute atomic E-state index is 14.3. The van der Waals surface area contributed by atoms with E-state index in [1.54, 1.807) is 25.7 Å². The van der Waals surface area contributed by atoms with Crippen molar-refractivity contribution in [2.24, 2.45) is 5.92 Å². The van der Waals surface area contributed by atoms with Crippen molar-refractivity contribution in [2.75, 3.05) is 0 Å². The molecule has 3 rings (SSSR count). The lowest BCUT2D eigenvalue weighted by Gasteiger charge is -2.36. The van der Waals surface area contributed by atoms with E-state index in [9.17, 15) is 14.4 Å². The van der Waals surface area contributed by atoms with Gasteiger partial charge in [0.2, 0.25) is 11.8 Å². The van der Waals surface area contributed by atoms with Gasteiger partial charge in [-0.05, 0) is 70.1 Å². The van der Waals surface area contributed by atoms with E-state index in [0.29, 0.717) is 13.0 Å². The van der Waals surface area contributed by atoms with Crippen molar-refractivity contribution in [1.29, 1.82) is 0 Å². The standard InChI is InChI=1S/C31H43N3O4/c1-8-21(3)26(33-30(37)38-31(5,6)7)29(36)34(24-15-16-24)27(25-17-14-20(2)18-22(25)4)28(35)32-19-23-12-10-9-11-13-23/h9-14,17-18,21,24,26-27H,8,15-16,19H2,1-7H3,(H,32,35)(H,33,37). The van der Waals surface area contributed by atoms with Crippen molar-refractivity contribution in [3.05, 3.63) is 70.8 Å². The smallest absolute Gasteiger partial charge is 0.408 e. The van der Waals surface area contributed by atoms with Crippen LogP contribution in [0.3, 0.4) is 0 Å². The number of amides is 3. The molecule has 0 spiro atoms. The van der Waals surface area contributed by atoms with E-state index >= 15 is 0 Å². The van der Waals surface area contributed by atoms with Crippen LogP contribution < -0.4 is 10.6 Å².